The number of aromatic carboxylic acids is 2. The molecule has 6 nitrogen and oxygen atoms in total. The fourth-order valence-electron chi connectivity index (χ4n) is 4.23. The Morgan fingerprint density at radius 2 is 0.943 bits per heavy atom. The van der Waals surface area contributed by atoms with Crippen molar-refractivity contribution in [2.75, 3.05) is 0 Å². The molecule has 2 unspecified atom stereocenters. The smallest absolute Gasteiger partial charge is 0.335 e. The SMILES string of the molecule is CCCC(O)C(CCC)(CCC)C(O)CCC.O=C(O)c1ccccc1.O=C(O)c1ccccc1. The summed E-state index contributed by atoms with van der Waals surface area (Å²) in [4.78, 5) is 20.4. The minimum absolute atomic E-state index is 0.268. The van der Waals surface area contributed by atoms with E-state index in [9.17, 15) is 19.8 Å². The number of carboxylic acid groups (broad SMARTS) is 2. The predicted molar refractivity (Wildman–Crippen MR) is 141 cm³/mol. The molecular weight excluding hydrogens is 444 g/mol. The van der Waals surface area contributed by atoms with Crippen LogP contribution in [0.5, 0.6) is 0 Å². The van der Waals surface area contributed by atoms with Crippen molar-refractivity contribution in [2.45, 2.75) is 91.3 Å². The summed E-state index contributed by atoms with van der Waals surface area (Å²) in [6.07, 6.45) is 6.80. The number of carboxylic acids is 2. The van der Waals surface area contributed by atoms with Gasteiger partial charge in [-0.2, -0.15) is 0 Å². The molecule has 0 radical (unpaired) electrons. The molecule has 0 amide bonds. The van der Waals surface area contributed by atoms with Gasteiger partial charge in [-0.3, -0.25) is 0 Å². The van der Waals surface area contributed by atoms with Crippen LogP contribution in [0.15, 0.2) is 60.7 Å². The first kappa shape index (κ1) is 32.3. The zero-order valence-electron chi connectivity index (χ0n) is 21.7. The van der Waals surface area contributed by atoms with E-state index < -0.39 is 11.9 Å². The Labute approximate surface area is 210 Å². The van der Waals surface area contributed by atoms with Crippen LogP contribution in [0.1, 0.15) is 99.8 Å². The van der Waals surface area contributed by atoms with Crippen LogP contribution in [0, 0.1) is 5.41 Å². The van der Waals surface area contributed by atoms with Crippen molar-refractivity contribution in [3.05, 3.63) is 71.8 Å². The summed E-state index contributed by atoms with van der Waals surface area (Å²) in [6.45, 7) is 8.47. The zero-order chi connectivity index (χ0) is 26.7. The average Bonchev–Trinajstić information content (AvgIpc) is 2.86. The summed E-state index contributed by atoms with van der Waals surface area (Å²) >= 11 is 0. The molecule has 196 valence electrons. The van der Waals surface area contributed by atoms with E-state index in [0.29, 0.717) is 11.1 Å². The van der Waals surface area contributed by atoms with Crippen LogP contribution in [-0.4, -0.2) is 44.6 Å². The quantitative estimate of drug-likeness (QED) is 0.265. The third-order valence-electron chi connectivity index (χ3n) is 5.92. The number of hydrogen-bond donors (Lipinski definition) is 4. The molecule has 0 fully saturated rings. The van der Waals surface area contributed by atoms with E-state index in [-0.39, 0.29) is 17.6 Å². The van der Waals surface area contributed by atoms with Gasteiger partial charge in [-0.15, -0.1) is 0 Å². The number of benzene rings is 2. The van der Waals surface area contributed by atoms with Crippen molar-refractivity contribution in [2.24, 2.45) is 5.41 Å². The molecule has 0 heterocycles. The lowest BCUT2D eigenvalue weighted by molar-refractivity contribution is -0.0886. The minimum atomic E-state index is -0.879. The maximum absolute atomic E-state index is 10.5. The highest BCUT2D eigenvalue weighted by Gasteiger charge is 2.41. The largest absolute Gasteiger partial charge is 0.478 e. The van der Waals surface area contributed by atoms with Gasteiger partial charge in [0.1, 0.15) is 0 Å². The molecule has 2 atom stereocenters. The molecule has 0 saturated heterocycles. The molecule has 2 rings (SSSR count). The number of carbonyl (C=O) groups is 2. The van der Waals surface area contributed by atoms with Crippen LogP contribution in [0.25, 0.3) is 0 Å². The maximum Gasteiger partial charge on any atom is 0.335 e. The highest BCUT2D eigenvalue weighted by Crippen LogP contribution is 2.41. The summed E-state index contributed by atoms with van der Waals surface area (Å²) < 4.78 is 0. The third kappa shape index (κ3) is 12.0. The molecule has 0 aromatic heterocycles. The Hall–Kier alpha value is -2.70. The molecular formula is C29H44O6. The monoisotopic (exact) mass is 488 g/mol. The second-order valence-electron chi connectivity index (χ2n) is 8.68. The topological polar surface area (TPSA) is 115 Å². The Kier molecular flexibility index (Phi) is 17.2. The highest BCUT2D eigenvalue weighted by atomic mass is 16.4. The second kappa shape index (κ2) is 18.6. The molecule has 0 spiro atoms. The van der Waals surface area contributed by atoms with Gasteiger partial charge in [0.25, 0.3) is 0 Å². The summed E-state index contributed by atoms with van der Waals surface area (Å²) in [7, 11) is 0. The zero-order valence-corrected chi connectivity index (χ0v) is 21.7. The highest BCUT2D eigenvalue weighted by molar-refractivity contribution is 5.87. The van der Waals surface area contributed by atoms with Crippen LogP contribution in [-0.2, 0) is 0 Å². The van der Waals surface area contributed by atoms with Gasteiger partial charge in [0.2, 0.25) is 0 Å². The van der Waals surface area contributed by atoms with E-state index in [0.717, 1.165) is 51.4 Å². The summed E-state index contributed by atoms with van der Waals surface area (Å²) in [6, 6.07) is 16.6. The van der Waals surface area contributed by atoms with Crippen LogP contribution >= 0.6 is 0 Å². The second-order valence-corrected chi connectivity index (χ2v) is 8.68. The van der Waals surface area contributed by atoms with Crippen molar-refractivity contribution in [1.29, 1.82) is 0 Å². The first-order valence-corrected chi connectivity index (χ1v) is 12.6. The Bertz CT molecular complexity index is 737. The molecule has 0 aliphatic carbocycles. The maximum atomic E-state index is 10.5. The summed E-state index contributed by atoms with van der Waals surface area (Å²) in [5, 5.41) is 37.7. The van der Waals surface area contributed by atoms with Crippen molar-refractivity contribution in [1.82, 2.24) is 0 Å². The molecule has 2 aromatic carbocycles. The van der Waals surface area contributed by atoms with Gasteiger partial charge < -0.3 is 20.4 Å². The number of rotatable bonds is 12. The lowest BCUT2D eigenvalue weighted by Gasteiger charge is -2.42. The van der Waals surface area contributed by atoms with Crippen LogP contribution in [0.4, 0.5) is 0 Å². The lowest BCUT2D eigenvalue weighted by atomic mass is 9.68. The van der Waals surface area contributed by atoms with E-state index >= 15 is 0 Å². The molecule has 0 bridgehead atoms. The normalized spacial score (nSPS) is 12.3. The van der Waals surface area contributed by atoms with E-state index in [1.54, 1.807) is 60.7 Å². The van der Waals surface area contributed by atoms with Crippen molar-refractivity contribution in [3.63, 3.8) is 0 Å². The van der Waals surface area contributed by atoms with Crippen LogP contribution in [0.2, 0.25) is 0 Å². The van der Waals surface area contributed by atoms with Crippen molar-refractivity contribution >= 4 is 11.9 Å². The van der Waals surface area contributed by atoms with Crippen molar-refractivity contribution in [3.8, 4) is 0 Å². The van der Waals surface area contributed by atoms with Gasteiger partial charge in [0.05, 0.1) is 23.3 Å². The fraction of sp³-hybridized carbons (Fsp3) is 0.517. The molecule has 4 N–H and O–H groups in total. The standard InChI is InChI=1S/C15H32O2.2C7H6O2/c1-5-9-13(16)15(11-7-3,12-8-4)14(17)10-6-2;2*8-7(9)6-4-2-1-3-5-6/h13-14,16-17H,5-12H2,1-4H3;2*1-5H,(H,8,9). The van der Waals surface area contributed by atoms with E-state index in [4.69, 9.17) is 10.2 Å². The third-order valence-corrected chi connectivity index (χ3v) is 5.92. The fourth-order valence-corrected chi connectivity index (χ4v) is 4.23. The van der Waals surface area contributed by atoms with Gasteiger partial charge in [-0.1, -0.05) is 89.8 Å². The first-order valence-electron chi connectivity index (χ1n) is 12.6. The molecule has 35 heavy (non-hydrogen) atoms. The lowest BCUT2D eigenvalue weighted by Crippen LogP contribution is -2.45. The Morgan fingerprint density at radius 1 is 0.629 bits per heavy atom. The predicted octanol–water partition coefficient (Wildman–Crippen LogP) is 6.66. The average molecular weight is 489 g/mol. The molecule has 0 saturated carbocycles. The summed E-state index contributed by atoms with van der Waals surface area (Å²) in [5.41, 5.74) is 0.394. The minimum Gasteiger partial charge on any atom is -0.478 e. The van der Waals surface area contributed by atoms with Gasteiger partial charge in [0, 0.05) is 5.41 Å². The molecule has 0 aliphatic rings. The van der Waals surface area contributed by atoms with Gasteiger partial charge >= 0.3 is 11.9 Å². The number of hydrogen-bond acceptors (Lipinski definition) is 4. The van der Waals surface area contributed by atoms with E-state index in [1.165, 1.54) is 0 Å². The van der Waals surface area contributed by atoms with Gasteiger partial charge in [-0.05, 0) is 49.9 Å². The van der Waals surface area contributed by atoms with Gasteiger partial charge in [-0.25, -0.2) is 9.59 Å². The molecule has 2 aromatic rings. The summed E-state index contributed by atoms with van der Waals surface area (Å²) in [5.74, 6) is -1.76. The van der Waals surface area contributed by atoms with E-state index in [1.807, 2.05) is 0 Å². The Morgan fingerprint density at radius 3 is 1.14 bits per heavy atom. The van der Waals surface area contributed by atoms with Crippen LogP contribution < -0.4 is 0 Å². The Balaban J connectivity index is 0.000000538. The molecule has 6 heteroatoms. The van der Waals surface area contributed by atoms with Crippen molar-refractivity contribution < 1.29 is 30.0 Å². The van der Waals surface area contributed by atoms with Crippen LogP contribution in [0.3, 0.4) is 0 Å². The van der Waals surface area contributed by atoms with Gasteiger partial charge in [0.15, 0.2) is 0 Å². The number of aliphatic hydroxyl groups excluding tert-OH is 2. The van der Waals surface area contributed by atoms with E-state index in [2.05, 4.69) is 27.7 Å². The first-order chi connectivity index (χ1) is 16.7. The number of aliphatic hydroxyl groups is 2. The molecule has 0 aliphatic heterocycles.